The Balaban J connectivity index is 2.48. The summed E-state index contributed by atoms with van der Waals surface area (Å²) >= 11 is 7.55. The van der Waals surface area contributed by atoms with E-state index in [0.29, 0.717) is 6.42 Å². The molecule has 0 saturated heterocycles. The van der Waals surface area contributed by atoms with Crippen LogP contribution < -0.4 is 0 Å². The lowest BCUT2D eigenvalue weighted by molar-refractivity contribution is 0.0987. The maximum Gasteiger partial charge on any atom is 0.182 e. The first-order valence-electron chi connectivity index (χ1n) is 4.88. The van der Waals surface area contributed by atoms with Gasteiger partial charge in [-0.25, -0.2) is 0 Å². The highest BCUT2D eigenvalue weighted by atomic mass is 35.5. The first kappa shape index (κ1) is 10.7. The molecule has 1 aromatic carbocycles. The van der Waals surface area contributed by atoms with E-state index in [1.165, 1.54) is 0 Å². The quantitative estimate of drug-likeness (QED) is 0.581. The second-order valence-electron chi connectivity index (χ2n) is 3.39. The third-order valence-electron chi connectivity index (χ3n) is 2.39. The van der Waals surface area contributed by atoms with Crippen LogP contribution in [0.5, 0.6) is 0 Å². The van der Waals surface area contributed by atoms with E-state index in [2.05, 4.69) is 0 Å². The maximum atomic E-state index is 11.9. The van der Waals surface area contributed by atoms with Gasteiger partial charge in [0.1, 0.15) is 0 Å². The molecule has 1 nitrogen and oxygen atoms in total. The second-order valence-corrected chi connectivity index (χ2v) is 4.82. The number of fused-ring (bicyclic) bond motifs is 1. The lowest BCUT2D eigenvalue weighted by atomic mass is 10.1. The van der Waals surface area contributed by atoms with Crippen molar-refractivity contribution in [3.05, 3.63) is 35.2 Å². The number of halogens is 1. The number of rotatable bonds is 3. The molecule has 0 N–H and O–H groups in total. The molecule has 15 heavy (non-hydrogen) atoms. The lowest BCUT2D eigenvalue weighted by Gasteiger charge is -2.03. The molecule has 0 saturated carbocycles. The zero-order valence-corrected chi connectivity index (χ0v) is 9.94. The van der Waals surface area contributed by atoms with Crippen LogP contribution in [-0.4, -0.2) is 11.2 Å². The summed E-state index contributed by atoms with van der Waals surface area (Å²) < 4.78 is 1.14. The van der Waals surface area contributed by atoms with Gasteiger partial charge in [-0.1, -0.05) is 25.1 Å². The van der Waals surface area contributed by atoms with Gasteiger partial charge in [-0.2, -0.15) is 0 Å². The molecule has 0 spiro atoms. The summed E-state index contributed by atoms with van der Waals surface area (Å²) in [7, 11) is 0. The minimum absolute atomic E-state index is 0.0385. The van der Waals surface area contributed by atoms with Gasteiger partial charge in [-0.05, 0) is 12.5 Å². The van der Waals surface area contributed by atoms with Crippen LogP contribution in [0.15, 0.2) is 29.6 Å². The number of benzene rings is 1. The molecule has 0 bridgehead atoms. The molecule has 0 aliphatic rings. The van der Waals surface area contributed by atoms with Gasteiger partial charge in [0, 0.05) is 21.0 Å². The average Bonchev–Trinajstić information content (AvgIpc) is 2.70. The summed E-state index contributed by atoms with van der Waals surface area (Å²) in [4.78, 5) is 11.9. The number of carbonyl (C=O) groups excluding carboxylic acids is 1. The van der Waals surface area contributed by atoms with Crippen molar-refractivity contribution in [3.63, 3.8) is 0 Å². The molecule has 78 valence electrons. The highest BCUT2D eigenvalue weighted by Gasteiger charge is 2.18. The molecular formula is C12H11ClOS. The summed E-state index contributed by atoms with van der Waals surface area (Å²) in [5.74, 6) is 0.0385. The molecule has 1 unspecified atom stereocenters. The Bertz CT molecular complexity index is 489. The Hall–Kier alpha value is -0.860. The molecule has 0 amide bonds. The van der Waals surface area contributed by atoms with E-state index in [0.717, 1.165) is 15.6 Å². The fourth-order valence-corrected chi connectivity index (χ4v) is 2.59. The van der Waals surface area contributed by atoms with E-state index in [9.17, 15) is 4.79 Å². The minimum Gasteiger partial charge on any atom is -0.292 e. The van der Waals surface area contributed by atoms with Gasteiger partial charge >= 0.3 is 0 Å². The molecule has 1 atom stereocenters. The Morgan fingerprint density at radius 2 is 2.20 bits per heavy atom. The normalized spacial score (nSPS) is 12.9. The molecule has 3 heteroatoms. The molecule has 0 radical (unpaired) electrons. The van der Waals surface area contributed by atoms with Gasteiger partial charge in [0.05, 0.1) is 5.38 Å². The topological polar surface area (TPSA) is 17.1 Å². The van der Waals surface area contributed by atoms with Crippen molar-refractivity contribution in [2.75, 3.05) is 0 Å². The van der Waals surface area contributed by atoms with Crippen molar-refractivity contribution in [1.29, 1.82) is 0 Å². The molecule has 2 rings (SSSR count). The Labute approximate surface area is 97.7 Å². The fourth-order valence-electron chi connectivity index (χ4n) is 1.52. The van der Waals surface area contributed by atoms with Gasteiger partial charge in [0.15, 0.2) is 5.78 Å². The van der Waals surface area contributed by atoms with E-state index in [1.54, 1.807) is 11.3 Å². The maximum absolute atomic E-state index is 11.9. The van der Waals surface area contributed by atoms with Crippen LogP contribution in [0.4, 0.5) is 0 Å². The van der Waals surface area contributed by atoms with Gasteiger partial charge < -0.3 is 0 Å². The zero-order valence-electron chi connectivity index (χ0n) is 8.37. The van der Waals surface area contributed by atoms with Crippen molar-refractivity contribution >= 4 is 38.8 Å². The number of alkyl halides is 1. The van der Waals surface area contributed by atoms with E-state index < -0.39 is 5.38 Å². The van der Waals surface area contributed by atoms with Gasteiger partial charge in [-0.15, -0.1) is 22.9 Å². The number of hydrogen-bond acceptors (Lipinski definition) is 2. The molecule has 0 fully saturated rings. The van der Waals surface area contributed by atoms with Gasteiger partial charge in [-0.3, -0.25) is 4.79 Å². The monoisotopic (exact) mass is 238 g/mol. The van der Waals surface area contributed by atoms with Crippen LogP contribution in [0.25, 0.3) is 10.1 Å². The third-order valence-corrected chi connectivity index (χ3v) is 3.86. The Morgan fingerprint density at radius 1 is 1.47 bits per heavy atom. The Morgan fingerprint density at radius 3 is 2.93 bits per heavy atom. The van der Waals surface area contributed by atoms with Crippen LogP contribution >= 0.6 is 22.9 Å². The molecular weight excluding hydrogens is 228 g/mol. The first-order chi connectivity index (χ1) is 7.24. The number of thiophene rings is 1. The summed E-state index contributed by atoms with van der Waals surface area (Å²) in [5, 5.41) is 2.52. The molecule has 0 aliphatic heterocycles. The van der Waals surface area contributed by atoms with Gasteiger partial charge in [0.25, 0.3) is 0 Å². The van der Waals surface area contributed by atoms with Crippen LogP contribution in [0.1, 0.15) is 23.7 Å². The summed E-state index contributed by atoms with van der Waals surface area (Å²) in [6.45, 7) is 1.92. The lowest BCUT2D eigenvalue weighted by Crippen LogP contribution is -2.12. The minimum atomic E-state index is -0.400. The summed E-state index contributed by atoms with van der Waals surface area (Å²) in [6.07, 6.45) is 0.671. The van der Waals surface area contributed by atoms with E-state index in [-0.39, 0.29) is 5.78 Å². The first-order valence-corrected chi connectivity index (χ1v) is 6.20. The zero-order chi connectivity index (χ0) is 10.8. The number of hydrogen-bond donors (Lipinski definition) is 0. The standard InChI is InChI=1S/C12H11ClOS/c1-2-10(13)12(14)9-7-15-11-6-4-3-5-8(9)11/h3-7,10H,2H2,1H3. The highest BCUT2D eigenvalue weighted by Crippen LogP contribution is 2.27. The van der Waals surface area contributed by atoms with E-state index in [1.807, 2.05) is 36.6 Å². The molecule has 1 heterocycles. The van der Waals surface area contributed by atoms with Crippen molar-refractivity contribution < 1.29 is 4.79 Å². The van der Waals surface area contributed by atoms with Crippen molar-refractivity contribution in [3.8, 4) is 0 Å². The summed E-state index contributed by atoms with van der Waals surface area (Å²) in [6, 6.07) is 7.91. The van der Waals surface area contributed by atoms with Gasteiger partial charge in [0.2, 0.25) is 0 Å². The van der Waals surface area contributed by atoms with Crippen molar-refractivity contribution in [2.24, 2.45) is 0 Å². The SMILES string of the molecule is CCC(Cl)C(=O)c1csc2ccccc12. The van der Waals surface area contributed by atoms with Crippen molar-refractivity contribution in [1.82, 2.24) is 0 Å². The van der Waals surface area contributed by atoms with E-state index in [4.69, 9.17) is 11.6 Å². The molecule has 2 aromatic rings. The largest absolute Gasteiger partial charge is 0.292 e. The highest BCUT2D eigenvalue weighted by molar-refractivity contribution is 7.17. The third kappa shape index (κ3) is 1.92. The van der Waals surface area contributed by atoms with Crippen molar-refractivity contribution in [2.45, 2.75) is 18.7 Å². The Kier molecular flexibility index (Phi) is 3.08. The number of Topliss-reactive ketones (excluding diaryl/α,β-unsaturated/α-hetero) is 1. The van der Waals surface area contributed by atoms with Crippen LogP contribution in [0.2, 0.25) is 0 Å². The average molecular weight is 239 g/mol. The molecule has 1 aromatic heterocycles. The van der Waals surface area contributed by atoms with Crippen LogP contribution in [0, 0.1) is 0 Å². The molecule has 0 aliphatic carbocycles. The van der Waals surface area contributed by atoms with Crippen LogP contribution in [-0.2, 0) is 0 Å². The number of carbonyl (C=O) groups is 1. The number of ketones is 1. The fraction of sp³-hybridized carbons (Fsp3) is 0.250. The predicted octanol–water partition coefficient (Wildman–Crippen LogP) is 4.10. The predicted molar refractivity (Wildman–Crippen MR) is 66.1 cm³/mol. The summed E-state index contributed by atoms with van der Waals surface area (Å²) in [5.41, 5.74) is 0.762. The van der Waals surface area contributed by atoms with Crippen LogP contribution in [0.3, 0.4) is 0 Å². The second kappa shape index (κ2) is 4.33. The van der Waals surface area contributed by atoms with E-state index >= 15 is 0 Å². The smallest absolute Gasteiger partial charge is 0.182 e.